The molecular weight excluding hydrogens is 381 g/mol. The second-order valence-electron chi connectivity index (χ2n) is 9.29. The number of hydrogen-bond acceptors (Lipinski definition) is 5. The van der Waals surface area contributed by atoms with Gasteiger partial charge in [-0.05, 0) is 50.5 Å². The molecule has 1 saturated heterocycles. The molecule has 3 N–H and O–H groups in total. The highest BCUT2D eigenvalue weighted by Crippen LogP contribution is 2.31. The Morgan fingerprint density at radius 2 is 2.07 bits per heavy atom. The lowest BCUT2D eigenvalue weighted by Crippen LogP contribution is -2.62. The maximum absolute atomic E-state index is 14.6. The SMILES string of the molecule is Cc1n[nH]c2nc(-c3ccc(O)cc3F)cc(CN3CC(C(C)C)NCC3(C)C)c12. The summed E-state index contributed by atoms with van der Waals surface area (Å²) in [5.41, 5.74) is 3.50. The van der Waals surface area contributed by atoms with Crippen LogP contribution in [0.4, 0.5) is 4.39 Å². The molecule has 0 radical (unpaired) electrons. The highest BCUT2D eigenvalue weighted by molar-refractivity contribution is 5.84. The summed E-state index contributed by atoms with van der Waals surface area (Å²) in [5.74, 6) is -0.0537. The highest BCUT2D eigenvalue weighted by Gasteiger charge is 2.35. The van der Waals surface area contributed by atoms with Crippen molar-refractivity contribution in [1.82, 2.24) is 25.4 Å². The second kappa shape index (κ2) is 7.63. The van der Waals surface area contributed by atoms with Gasteiger partial charge in [-0.25, -0.2) is 9.37 Å². The van der Waals surface area contributed by atoms with Gasteiger partial charge in [-0.15, -0.1) is 0 Å². The number of pyridine rings is 1. The first kappa shape index (κ1) is 20.8. The lowest BCUT2D eigenvalue weighted by atomic mass is 9.92. The molecule has 3 heterocycles. The highest BCUT2D eigenvalue weighted by atomic mass is 19.1. The third-order valence-electron chi connectivity index (χ3n) is 6.26. The Morgan fingerprint density at radius 1 is 1.30 bits per heavy atom. The predicted molar refractivity (Wildman–Crippen MR) is 117 cm³/mol. The van der Waals surface area contributed by atoms with E-state index in [0.717, 1.165) is 42.3 Å². The maximum Gasteiger partial charge on any atom is 0.156 e. The van der Waals surface area contributed by atoms with Crippen molar-refractivity contribution in [3.05, 3.63) is 41.3 Å². The molecule has 3 aromatic rings. The van der Waals surface area contributed by atoms with Gasteiger partial charge < -0.3 is 10.4 Å². The zero-order chi connectivity index (χ0) is 21.6. The number of phenolic OH excluding ortho intramolecular Hbond substituents is 1. The lowest BCUT2D eigenvalue weighted by Gasteiger charge is -2.47. The van der Waals surface area contributed by atoms with Crippen molar-refractivity contribution in [1.29, 1.82) is 0 Å². The fourth-order valence-corrected chi connectivity index (χ4v) is 4.22. The summed E-state index contributed by atoms with van der Waals surface area (Å²) in [6.07, 6.45) is 0. The number of halogens is 1. The lowest BCUT2D eigenvalue weighted by molar-refractivity contribution is 0.0478. The molecule has 0 bridgehead atoms. The third-order valence-corrected chi connectivity index (χ3v) is 6.26. The Balaban J connectivity index is 1.78. The number of fused-ring (bicyclic) bond motifs is 1. The van der Waals surface area contributed by atoms with E-state index in [2.05, 4.69) is 53.1 Å². The first-order valence-corrected chi connectivity index (χ1v) is 10.5. The number of nitrogens with zero attached hydrogens (tertiary/aromatic N) is 3. The Labute approximate surface area is 176 Å². The zero-order valence-electron chi connectivity index (χ0n) is 18.3. The van der Waals surface area contributed by atoms with E-state index < -0.39 is 5.82 Å². The largest absolute Gasteiger partial charge is 0.508 e. The standard InChI is InChI=1S/C23H30FN5O/c1-13(2)20-11-29(23(4,5)12-25-20)10-15-8-19(17-7-6-16(30)9-18(17)24)26-22-21(15)14(3)27-28-22/h6-9,13,20,25,30H,10-12H2,1-5H3,(H,26,27,28). The average molecular weight is 412 g/mol. The summed E-state index contributed by atoms with van der Waals surface area (Å²) in [6, 6.07) is 6.55. The molecule has 2 aromatic heterocycles. The topological polar surface area (TPSA) is 77.1 Å². The van der Waals surface area contributed by atoms with E-state index in [9.17, 15) is 9.50 Å². The van der Waals surface area contributed by atoms with Crippen LogP contribution in [-0.4, -0.2) is 49.9 Å². The third kappa shape index (κ3) is 3.79. The molecular formula is C23H30FN5O. The van der Waals surface area contributed by atoms with E-state index in [1.807, 2.05) is 13.0 Å². The molecule has 7 heteroatoms. The summed E-state index contributed by atoms with van der Waals surface area (Å²) in [6.45, 7) is 13.5. The number of aryl methyl sites for hydroxylation is 1. The molecule has 160 valence electrons. The number of rotatable bonds is 4. The molecule has 1 fully saturated rings. The molecule has 0 spiro atoms. The summed E-state index contributed by atoms with van der Waals surface area (Å²) in [7, 11) is 0. The molecule has 6 nitrogen and oxygen atoms in total. The minimum absolute atomic E-state index is 0.0113. The number of piperazine rings is 1. The van der Waals surface area contributed by atoms with Gasteiger partial charge in [0.25, 0.3) is 0 Å². The number of aromatic nitrogens is 3. The van der Waals surface area contributed by atoms with Crippen molar-refractivity contribution in [2.24, 2.45) is 5.92 Å². The van der Waals surface area contributed by atoms with Gasteiger partial charge in [0.1, 0.15) is 11.6 Å². The molecule has 1 aliphatic heterocycles. The van der Waals surface area contributed by atoms with Crippen LogP contribution in [0.15, 0.2) is 24.3 Å². The number of aromatic amines is 1. The van der Waals surface area contributed by atoms with Crippen LogP contribution in [0.25, 0.3) is 22.3 Å². The minimum atomic E-state index is -0.494. The van der Waals surface area contributed by atoms with E-state index in [1.165, 1.54) is 6.07 Å². The number of benzene rings is 1. The quantitative estimate of drug-likeness (QED) is 0.605. The molecule has 30 heavy (non-hydrogen) atoms. The van der Waals surface area contributed by atoms with Crippen molar-refractivity contribution in [3.63, 3.8) is 0 Å². The normalized spacial score (nSPS) is 19.6. The molecule has 1 aromatic carbocycles. The van der Waals surface area contributed by atoms with Crippen LogP contribution in [-0.2, 0) is 6.54 Å². The van der Waals surface area contributed by atoms with E-state index >= 15 is 0 Å². The predicted octanol–water partition coefficient (Wildman–Crippen LogP) is 3.99. The fourth-order valence-electron chi connectivity index (χ4n) is 4.22. The van der Waals surface area contributed by atoms with Crippen LogP contribution in [0.2, 0.25) is 0 Å². The number of H-pyrrole nitrogens is 1. The van der Waals surface area contributed by atoms with E-state index in [1.54, 1.807) is 6.07 Å². The molecule has 1 aliphatic rings. The van der Waals surface area contributed by atoms with Crippen LogP contribution in [0.1, 0.15) is 39.0 Å². The Hall–Kier alpha value is -2.51. The smallest absolute Gasteiger partial charge is 0.156 e. The second-order valence-corrected chi connectivity index (χ2v) is 9.29. The van der Waals surface area contributed by atoms with Crippen LogP contribution >= 0.6 is 0 Å². The van der Waals surface area contributed by atoms with Gasteiger partial charge in [0.15, 0.2) is 5.65 Å². The summed E-state index contributed by atoms with van der Waals surface area (Å²) in [5, 5.41) is 21.6. The minimum Gasteiger partial charge on any atom is -0.508 e. The zero-order valence-corrected chi connectivity index (χ0v) is 18.3. The number of phenols is 1. The van der Waals surface area contributed by atoms with E-state index in [-0.39, 0.29) is 11.3 Å². The van der Waals surface area contributed by atoms with E-state index in [4.69, 9.17) is 0 Å². The summed E-state index contributed by atoms with van der Waals surface area (Å²) in [4.78, 5) is 7.11. The average Bonchev–Trinajstić information content (AvgIpc) is 3.04. The van der Waals surface area contributed by atoms with Crippen molar-refractivity contribution < 1.29 is 9.50 Å². The van der Waals surface area contributed by atoms with Crippen molar-refractivity contribution in [2.45, 2.75) is 52.7 Å². The van der Waals surface area contributed by atoms with Crippen LogP contribution < -0.4 is 5.32 Å². The van der Waals surface area contributed by atoms with Gasteiger partial charge in [-0.3, -0.25) is 10.00 Å². The van der Waals surface area contributed by atoms with Crippen LogP contribution in [0, 0.1) is 18.7 Å². The molecule has 4 rings (SSSR count). The molecule has 0 saturated carbocycles. The monoisotopic (exact) mass is 411 g/mol. The van der Waals surface area contributed by atoms with Gasteiger partial charge in [0, 0.05) is 48.2 Å². The van der Waals surface area contributed by atoms with Crippen molar-refractivity contribution >= 4 is 11.0 Å². The molecule has 0 amide bonds. The van der Waals surface area contributed by atoms with E-state index in [0.29, 0.717) is 28.9 Å². The number of hydrogen-bond donors (Lipinski definition) is 3. The van der Waals surface area contributed by atoms with Crippen molar-refractivity contribution in [2.75, 3.05) is 13.1 Å². The number of nitrogens with one attached hydrogen (secondary N) is 2. The van der Waals surface area contributed by atoms with Gasteiger partial charge in [0.05, 0.1) is 11.4 Å². The van der Waals surface area contributed by atoms with Crippen LogP contribution in [0.5, 0.6) is 5.75 Å². The molecule has 1 unspecified atom stereocenters. The molecule has 0 aliphatic carbocycles. The van der Waals surface area contributed by atoms with Gasteiger partial charge in [-0.2, -0.15) is 5.10 Å². The van der Waals surface area contributed by atoms with Crippen molar-refractivity contribution in [3.8, 4) is 17.0 Å². The van der Waals surface area contributed by atoms with Gasteiger partial charge in [0.2, 0.25) is 0 Å². The first-order chi connectivity index (χ1) is 14.2. The van der Waals surface area contributed by atoms with Gasteiger partial charge in [-0.1, -0.05) is 13.8 Å². The molecule has 1 atom stereocenters. The van der Waals surface area contributed by atoms with Gasteiger partial charge >= 0.3 is 0 Å². The summed E-state index contributed by atoms with van der Waals surface area (Å²) < 4.78 is 14.6. The first-order valence-electron chi connectivity index (χ1n) is 10.5. The Morgan fingerprint density at radius 3 is 2.77 bits per heavy atom. The Bertz CT molecular complexity index is 1070. The fraction of sp³-hybridized carbons (Fsp3) is 0.478. The summed E-state index contributed by atoms with van der Waals surface area (Å²) >= 11 is 0. The Kier molecular flexibility index (Phi) is 5.28. The number of aromatic hydroxyl groups is 1. The maximum atomic E-state index is 14.6. The van der Waals surface area contributed by atoms with Crippen LogP contribution in [0.3, 0.4) is 0 Å².